The van der Waals surface area contributed by atoms with E-state index in [0.717, 1.165) is 44.8 Å². The standard InChI is InChI=1S/C23H21FNO/c1-14-8-7-9-15(2)22(14)18-13-17(16(3)12-19(18)24)23-25(4)20-10-5-6-11-21(20)26-23/h5-13H,1-4H3/q+1. The Labute approximate surface area is 152 Å². The molecule has 0 amide bonds. The van der Waals surface area contributed by atoms with E-state index in [-0.39, 0.29) is 5.82 Å². The van der Waals surface area contributed by atoms with Gasteiger partial charge in [-0.15, -0.1) is 0 Å². The minimum absolute atomic E-state index is 0.206. The van der Waals surface area contributed by atoms with Crippen molar-refractivity contribution in [2.75, 3.05) is 0 Å². The number of oxazole rings is 1. The number of hydrogen-bond acceptors (Lipinski definition) is 1. The molecule has 0 unspecified atom stereocenters. The molecule has 26 heavy (non-hydrogen) atoms. The van der Waals surface area contributed by atoms with Gasteiger partial charge in [0.15, 0.2) is 0 Å². The zero-order chi connectivity index (χ0) is 18.4. The monoisotopic (exact) mass is 346 g/mol. The van der Waals surface area contributed by atoms with Crippen molar-refractivity contribution in [1.82, 2.24) is 0 Å². The van der Waals surface area contributed by atoms with Gasteiger partial charge < -0.3 is 4.42 Å². The number of hydrogen-bond donors (Lipinski definition) is 0. The zero-order valence-corrected chi connectivity index (χ0v) is 15.4. The molecule has 2 nitrogen and oxygen atoms in total. The fourth-order valence-corrected chi connectivity index (χ4v) is 3.67. The van der Waals surface area contributed by atoms with Crippen molar-refractivity contribution in [3.63, 3.8) is 0 Å². The van der Waals surface area contributed by atoms with Gasteiger partial charge in [-0.3, -0.25) is 0 Å². The average molecular weight is 346 g/mol. The number of rotatable bonds is 2. The van der Waals surface area contributed by atoms with E-state index in [0.29, 0.717) is 5.56 Å². The number of aryl methyl sites for hydroxylation is 4. The molecule has 0 fully saturated rings. The Bertz CT molecular complexity index is 1120. The highest BCUT2D eigenvalue weighted by Crippen LogP contribution is 2.35. The lowest BCUT2D eigenvalue weighted by Gasteiger charge is -2.13. The molecule has 130 valence electrons. The van der Waals surface area contributed by atoms with Gasteiger partial charge in [-0.1, -0.05) is 30.3 Å². The molecule has 4 aromatic rings. The first-order valence-electron chi connectivity index (χ1n) is 8.72. The van der Waals surface area contributed by atoms with Gasteiger partial charge in [0.2, 0.25) is 5.58 Å². The topological polar surface area (TPSA) is 17.0 Å². The van der Waals surface area contributed by atoms with Crippen molar-refractivity contribution in [3.8, 4) is 22.6 Å². The Balaban J connectivity index is 2.00. The fraction of sp³-hybridized carbons (Fsp3) is 0.174. The maximum absolute atomic E-state index is 14.9. The minimum Gasteiger partial charge on any atom is -0.398 e. The summed E-state index contributed by atoms with van der Waals surface area (Å²) in [6.45, 7) is 5.95. The average Bonchev–Trinajstić information content (AvgIpc) is 2.93. The molecule has 0 bridgehead atoms. The van der Waals surface area contributed by atoms with Crippen LogP contribution in [0, 0.1) is 26.6 Å². The SMILES string of the molecule is Cc1cc(F)c(-c2c(C)cccc2C)cc1-c1oc2ccccc2[n+]1C. The molecule has 3 aromatic carbocycles. The van der Waals surface area contributed by atoms with Crippen molar-refractivity contribution in [3.05, 3.63) is 77.1 Å². The molecule has 1 aromatic heterocycles. The molecule has 0 N–H and O–H groups in total. The third kappa shape index (κ3) is 2.51. The Morgan fingerprint density at radius 1 is 0.808 bits per heavy atom. The predicted octanol–water partition coefficient (Wildman–Crippen LogP) is 5.66. The number of para-hydroxylation sites is 2. The van der Waals surface area contributed by atoms with Gasteiger partial charge in [-0.05, 0) is 61.2 Å². The molecule has 0 saturated heterocycles. The van der Waals surface area contributed by atoms with E-state index in [1.165, 1.54) is 0 Å². The summed E-state index contributed by atoms with van der Waals surface area (Å²) in [4.78, 5) is 0. The first-order valence-corrected chi connectivity index (χ1v) is 8.72. The molecule has 3 heteroatoms. The Morgan fingerprint density at radius 2 is 1.50 bits per heavy atom. The second-order valence-electron chi connectivity index (χ2n) is 6.85. The van der Waals surface area contributed by atoms with E-state index in [1.54, 1.807) is 6.07 Å². The molecule has 0 aliphatic heterocycles. The number of aromatic nitrogens is 1. The molecule has 0 aliphatic carbocycles. The lowest BCUT2D eigenvalue weighted by atomic mass is 9.92. The summed E-state index contributed by atoms with van der Waals surface area (Å²) in [5, 5.41) is 0. The third-order valence-electron chi connectivity index (χ3n) is 5.03. The van der Waals surface area contributed by atoms with Crippen molar-refractivity contribution in [1.29, 1.82) is 0 Å². The van der Waals surface area contributed by atoms with E-state index < -0.39 is 0 Å². The van der Waals surface area contributed by atoms with E-state index in [4.69, 9.17) is 4.42 Å². The largest absolute Gasteiger partial charge is 0.398 e. The van der Waals surface area contributed by atoms with Crippen LogP contribution in [0.1, 0.15) is 16.7 Å². The highest BCUT2D eigenvalue weighted by molar-refractivity contribution is 5.78. The summed E-state index contributed by atoms with van der Waals surface area (Å²) in [6, 6.07) is 17.5. The lowest BCUT2D eigenvalue weighted by Crippen LogP contribution is -2.28. The third-order valence-corrected chi connectivity index (χ3v) is 5.03. The Morgan fingerprint density at radius 3 is 2.19 bits per heavy atom. The van der Waals surface area contributed by atoms with Crippen LogP contribution in [-0.2, 0) is 7.05 Å². The second-order valence-corrected chi connectivity index (χ2v) is 6.85. The molecular weight excluding hydrogens is 325 g/mol. The summed E-state index contributed by atoms with van der Waals surface area (Å²) in [5.74, 6) is 0.526. The molecule has 1 heterocycles. The molecule has 0 radical (unpaired) electrons. The lowest BCUT2D eigenvalue weighted by molar-refractivity contribution is -0.637. The molecule has 0 spiro atoms. The van der Waals surface area contributed by atoms with Crippen LogP contribution in [0.25, 0.3) is 33.7 Å². The summed E-state index contributed by atoms with van der Waals surface area (Å²) in [7, 11) is 1.97. The van der Waals surface area contributed by atoms with Crippen LogP contribution < -0.4 is 4.57 Å². The molecule has 0 atom stereocenters. The summed E-state index contributed by atoms with van der Waals surface area (Å²) < 4.78 is 23.0. The van der Waals surface area contributed by atoms with Crippen LogP contribution in [0.2, 0.25) is 0 Å². The van der Waals surface area contributed by atoms with Crippen LogP contribution in [0.5, 0.6) is 0 Å². The minimum atomic E-state index is -0.206. The smallest absolute Gasteiger partial charge is 0.381 e. The zero-order valence-electron chi connectivity index (χ0n) is 15.4. The first kappa shape index (κ1) is 16.5. The van der Waals surface area contributed by atoms with Gasteiger partial charge in [0, 0.05) is 11.6 Å². The Hall–Kier alpha value is -2.94. The fourth-order valence-electron chi connectivity index (χ4n) is 3.67. The summed E-state index contributed by atoms with van der Waals surface area (Å²) >= 11 is 0. The highest BCUT2D eigenvalue weighted by atomic mass is 19.1. The summed E-state index contributed by atoms with van der Waals surface area (Å²) in [6.07, 6.45) is 0. The number of benzene rings is 3. The van der Waals surface area contributed by atoms with E-state index >= 15 is 0 Å². The van der Waals surface area contributed by atoms with Crippen LogP contribution in [0.4, 0.5) is 4.39 Å². The van der Waals surface area contributed by atoms with Crippen LogP contribution in [0.3, 0.4) is 0 Å². The normalized spacial score (nSPS) is 11.3. The molecule has 0 saturated carbocycles. The van der Waals surface area contributed by atoms with Gasteiger partial charge in [-0.2, -0.15) is 4.57 Å². The van der Waals surface area contributed by atoms with Crippen molar-refractivity contribution >= 4 is 11.1 Å². The van der Waals surface area contributed by atoms with E-state index in [2.05, 4.69) is 0 Å². The maximum atomic E-state index is 14.9. The molecule has 4 rings (SSSR count). The number of fused-ring (bicyclic) bond motifs is 1. The van der Waals surface area contributed by atoms with Gasteiger partial charge in [0.05, 0.1) is 5.56 Å². The van der Waals surface area contributed by atoms with Crippen molar-refractivity contribution in [2.24, 2.45) is 7.05 Å². The van der Waals surface area contributed by atoms with Gasteiger partial charge >= 0.3 is 5.89 Å². The predicted molar refractivity (Wildman–Crippen MR) is 102 cm³/mol. The van der Waals surface area contributed by atoms with Crippen LogP contribution >= 0.6 is 0 Å². The van der Waals surface area contributed by atoms with Crippen molar-refractivity contribution < 1.29 is 13.4 Å². The van der Waals surface area contributed by atoms with E-state index in [9.17, 15) is 4.39 Å². The quantitative estimate of drug-likeness (QED) is 0.428. The van der Waals surface area contributed by atoms with Gasteiger partial charge in [0.25, 0.3) is 5.52 Å². The maximum Gasteiger partial charge on any atom is 0.381 e. The number of halogens is 1. The first-order chi connectivity index (χ1) is 12.5. The van der Waals surface area contributed by atoms with Crippen LogP contribution in [0.15, 0.2) is 59.0 Å². The second kappa shape index (κ2) is 6.10. The Kier molecular flexibility index (Phi) is 3.87. The van der Waals surface area contributed by atoms with Gasteiger partial charge in [0.1, 0.15) is 12.9 Å². The molecular formula is C23H21FNO+. The van der Waals surface area contributed by atoms with E-state index in [1.807, 2.05) is 80.9 Å². The number of nitrogens with zero attached hydrogens (tertiary/aromatic N) is 1. The summed E-state index contributed by atoms with van der Waals surface area (Å²) in [5.41, 5.74) is 7.28. The van der Waals surface area contributed by atoms with Crippen LogP contribution in [-0.4, -0.2) is 0 Å². The highest BCUT2D eigenvalue weighted by Gasteiger charge is 2.24. The van der Waals surface area contributed by atoms with Crippen molar-refractivity contribution in [2.45, 2.75) is 20.8 Å². The molecule has 0 aliphatic rings. The van der Waals surface area contributed by atoms with Gasteiger partial charge in [-0.25, -0.2) is 4.39 Å².